The third-order valence-corrected chi connectivity index (χ3v) is 4.30. The van der Waals surface area contributed by atoms with Gasteiger partial charge in [-0.3, -0.25) is 9.59 Å². The first kappa shape index (κ1) is 16.8. The van der Waals surface area contributed by atoms with Gasteiger partial charge in [-0.1, -0.05) is 35.5 Å². The minimum Gasteiger partial charge on any atom is -0.491 e. The number of aromatic nitrogens is 1. The number of amides is 2. The number of hydrogen-bond donors (Lipinski definition) is 1. The van der Waals surface area contributed by atoms with E-state index in [-0.39, 0.29) is 11.6 Å². The molecular weight excluding hydrogens is 346 g/mol. The first-order chi connectivity index (χ1) is 13.1. The third-order valence-electron chi connectivity index (χ3n) is 4.30. The average molecular weight is 363 g/mol. The van der Waals surface area contributed by atoms with Gasteiger partial charge in [-0.2, -0.15) is 0 Å². The lowest BCUT2D eigenvalue weighted by atomic mass is 10.1. The van der Waals surface area contributed by atoms with E-state index in [1.54, 1.807) is 36.2 Å². The smallest absolute Gasteiger partial charge is 0.277 e. The Labute approximate surface area is 155 Å². The Hall–Kier alpha value is -3.61. The van der Waals surface area contributed by atoms with Gasteiger partial charge in [0.1, 0.15) is 12.4 Å². The summed E-state index contributed by atoms with van der Waals surface area (Å²) in [5, 5.41) is 6.57. The van der Waals surface area contributed by atoms with E-state index in [1.807, 2.05) is 30.3 Å². The molecular formula is C20H17N3O4. The zero-order chi connectivity index (χ0) is 18.8. The highest BCUT2D eigenvalue weighted by Gasteiger charge is 2.22. The molecule has 4 rings (SSSR count). The van der Waals surface area contributed by atoms with E-state index in [9.17, 15) is 9.59 Å². The zero-order valence-corrected chi connectivity index (χ0v) is 14.6. The molecule has 1 aliphatic rings. The highest BCUT2D eigenvalue weighted by molar-refractivity contribution is 6.05. The molecule has 0 saturated heterocycles. The van der Waals surface area contributed by atoms with Crippen molar-refractivity contribution in [1.29, 1.82) is 0 Å². The second-order valence-corrected chi connectivity index (χ2v) is 6.18. The topological polar surface area (TPSA) is 84.7 Å². The van der Waals surface area contributed by atoms with Gasteiger partial charge in [0, 0.05) is 24.4 Å². The zero-order valence-electron chi connectivity index (χ0n) is 14.6. The fourth-order valence-electron chi connectivity index (χ4n) is 2.82. The van der Waals surface area contributed by atoms with Crippen LogP contribution in [0.25, 0.3) is 11.3 Å². The van der Waals surface area contributed by atoms with E-state index < -0.39 is 5.91 Å². The van der Waals surface area contributed by atoms with E-state index in [0.717, 1.165) is 5.56 Å². The molecule has 1 N–H and O–H groups in total. The summed E-state index contributed by atoms with van der Waals surface area (Å²) in [6.07, 6.45) is 0. The average Bonchev–Trinajstić information content (AvgIpc) is 3.14. The number of fused-ring (bicyclic) bond motifs is 1. The molecule has 136 valence electrons. The summed E-state index contributed by atoms with van der Waals surface area (Å²) in [5.74, 6) is 0.450. The van der Waals surface area contributed by atoms with Crippen LogP contribution in [0.15, 0.2) is 59.1 Å². The number of carbonyl (C=O) groups is 2. The van der Waals surface area contributed by atoms with Crippen LogP contribution in [0.3, 0.4) is 0 Å². The van der Waals surface area contributed by atoms with Crippen LogP contribution in [0.1, 0.15) is 20.8 Å². The van der Waals surface area contributed by atoms with Crippen LogP contribution in [0.2, 0.25) is 0 Å². The molecule has 0 aliphatic carbocycles. The highest BCUT2D eigenvalue weighted by Crippen LogP contribution is 2.26. The quantitative estimate of drug-likeness (QED) is 0.773. The maximum Gasteiger partial charge on any atom is 0.277 e. The summed E-state index contributed by atoms with van der Waals surface area (Å²) < 4.78 is 10.8. The molecule has 2 aromatic carbocycles. The van der Waals surface area contributed by atoms with Crippen LogP contribution in [0, 0.1) is 0 Å². The Balaban J connectivity index is 1.55. The van der Waals surface area contributed by atoms with E-state index >= 15 is 0 Å². The lowest BCUT2D eigenvalue weighted by Gasteiger charge is -2.13. The second-order valence-electron chi connectivity index (χ2n) is 6.18. The summed E-state index contributed by atoms with van der Waals surface area (Å²) in [6.45, 7) is 0.943. The molecule has 2 amide bonds. The fourth-order valence-corrected chi connectivity index (χ4v) is 2.82. The number of rotatable bonds is 3. The normalized spacial score (nSPS) is 13.5. The molecule has 27 heavy (non-hydrogen) atoms. The number of ether oxygens (including phenoxy) is 1. The van der Waals surface area contributed by atoms with E-state index in [1.165, 1.54) is 0 Å². The molecule has 7 heteroatoms. The minimum absolute atomic E-state index is 0.147. The number of benzene rings is 2. The van der Waals surface area contributed by atoms with Crippen LogP contribution >= 0.6 is 0 Å². The molecule has 0 radical (unpaired) electrons. The van der Waals surface area contributed by atoms with Crippen LogP contribution in [0.4, 0.5) is 5.69 Å². The standard InChI is InChI=1S/C20H17N3O4/c1-23-9-10-26-17-8-7-14(11-15(17)20(23)25)21-19(24)16-12-18(27-22-16)13-5-3-2-4-6-13/h2-8,11-12H,9-10H2,1H3,(H,21,24). The largest absolute Gasteiger partial charge is 0.491 e. The van der Waals surface area contributed by atoms with Crippen molar-refractivity contribution < 1.29 is 18.8 Å². The van der Waals surface area contributed by atoms with Crippen LogP contribution in [0.5, 0.6) is 5.75 Å². The van der Waals surface area contributed by atoms with E-state index in [0.29, 0.717) is 35.9 Å². The van der Waals surface area contributed by atoms with Crippen molar-refractivity contribution in [2.75, 3.05) is 25.5 Å². The highest BCUT2D eigenvalue weighted by atomic mass is 16.5. The van der Waals surface area contributed by atoms with Crippen molar-refractivity contribution in [2.24, 2.45) is 0 Å². The Kier molecular flexibility index (Phi) is 4.33. The lowest BCUT2D eigenvalue weighted by Crippen LogP contribution is -2.27. The van der Waals surface area contributed by atoms with Gasteiger partial charge in [0.15, 0.2) is 11.5 Å². The van der Waals surface area contributed by atoms with Crippen LogP contribution in [-0.2, 0) is 0 Å². The molecule has 0 unspecified atom stereocenters. The minimum atomic E-state index is -0.420. The Morgan fingerprint density at radius 3 is 2.78 bits per heavy atom. The van der Waals surface area contributed by atoms with Crippen molar-refractivity contribution in [3.63, 3.8) is 0 Å². The predicted molar refractivity (Wildman–Crippen MR) is 98.8 cm³/mol. The number of nitrogens with one attached hydrogen (secondary N) is 1. The van der Waals surface area contributed by atoms with Crippen molar-refractivity contribution >= 4 is 17.5 Å². The molecule has 0 spiro atoms. The molecule has 1 aliphatic heterocycles. The predicted octanol–water partition coefficient (Wildman–Crippen LogP) is 3.06. The fraction of sp³-hybridized carbons (Fsp3) is 0.150. The number of carbonyl (C=O) groups excluding carboxylic acids is 2. The third kappa shape index (κ3) is 3.39. The Morgan fingerprint density at radius 2 is 1.96 bits per heavy atom. The molecule has 0 atom stereocenters. The van der Waals surface area contributed by atoms with E-state index in [2.05, 4.69) is 10.5 Å². The molecule has 0 bridgehead atoms. The van der Waals surface area contributed by atoms with Gasteiger partial charge in [-0.15, -0.1) is 0 Å². The molecule has 2 heterocycles. The van der Waals surface area contributed by atoms with Crippen molar-refractivity contribution in [3.8, 4) is 17.1 Å². The molecule has 0 fully saturated rings. The first-order valence-electron chi connectivity index (χ1n) is 8.47. The molecule has 1 aromatic heterocycles. The maximum absolute atomic E-state index is 12.5. The van der Waals surface area contributed by atoms with Crippen LogP contribution in [-0.4, -0.2) is 42.1 Å². The lowest BCUT2D eigenvalue weighted by molar-refractivity contribution is 0.0796. The number of hydrogen-bond acceptors (Lipinski definition) is 5. The summed E-state index contributed by atoms with van der Waals surface area (Å²) in [7, 11) is 1.71. The number of nitrogens with zero attached hydrogens (tertiary/aromatic N) is 2. The van der Waals surface area contributed by atoms with Crippen LogP contribution < -0.4 is 10.1 Å². The van der Waals surface area contributed by atoms with Gasteiger partial charge in [0.25, 0.3) is 11.8 Å². The van der Waals surface area contributed by atoms with Gasteiger partial charge in [0.05, 0.1) is 12.1 Å². The number of likely N-dealkylation sites (N-methyl/N-ethyl adjacent to an activating group) is 1. The maximum atomic E-state index is 12.5. The van der Waals surface area contributed by atoms with Gasteiger partial charge in [-0.25, -0.2) is 0 Å². The Morgan fingerprint density at radius 1 is 1.15 bits per heavy atom. The monoisotopic (exact) mass is 363 g/mol. The first-order valence-corrected chi connectivity index (χ1v) is 8.47. The van der Waals surface area contributed by atoms with Gasteiger partial charge in [-0.05, 0) is 18.2 Å². The van der Waals surface area contributed by atoms with Crippen molar-refractivity contribution in [2.45, 2.75) is 0 Å². The summed E-state index contributed by atoms with van der Waals surface area (Å²) in [4.78, 5) is 26.5. The molecule has 3 aromatic rings. The van der Waals surface area contributed by atoms with Gasteiger partial charge >= 0.3 is 0 Å². The molecule has 7 nitrogen and oxygen atoms in total. The second kappa shape index (κ2) is 6.95. The van der Waals surface area contributed by atoms with E-state index in [4.69, 9.17) is 9.26 Å². The Bertz CT molecular complexity index is 997. The van der Waals surface area contributed by atoms with Gasteiger partial charge < -0.3 is 19.5 Å². The summed E-state index contributed by atoms with van der Waals surface area (Å²) in [6, 6.07) is 16.0. The molecule has 0 saturated carbocycles. The SMILES string of the molecule is CN1CCOc2ccc(NC(=O)c3cc(-c4ccccc4)on3)cc2C1=O. The summed E-state index contributed by atoms with van der Waals surface area (Å²) >= 11 is 0. The van der Waals surface area contributed by atoms with Gasteiger partial charge in [0.2, 0.25) is 0 Å². The van der Waals surface area contributed by atoms with Crippen molar-refractivity contribution in [1.82, 2.24) is 10.1 Å². The summed E-state index contributed by atoms with van der Waals surface area (Å²) in [5.41, 5.74) is 1.89. The van der Waals surface area contributed by atoms with Crippen molar-refractivity contribution in [3.05, 3.63) is 65.9 Å². The number of anilines is 1.